The number of para-hydroxylation sites is 1. The van der Waals surface area contributed by atoms with E-state index in [1.807, 2.05) is 12.1 Å². The van der Waals surface area contributed by atoms with Crippen LogP contribution in [0.5, 0.6) is 5.75 Å². The van der Waals surface area contributed by atoms with Crippen LogP contribution in [-0.4, -0.2) is 28.6 Å². The molecule has 1 aromatic heterocycles. The van der Waals surface area contributed by atoms with Crippen LogP contribution in [-0.2, 0) is 22.6 Å². The number of benzene rings is 1. The van der Waals surface area contributed by atoms with Gasteiger partial charge in [-0.25, -0.2) is 0 Å². The molecule has 5 nitrogen and oxygen atoms in total. The van der Waals surface area contributed by atoms with Gasteiger partial charge in [0, 0.05) is 12.1 Å². The third kappa shape index (κ3) is 4.99. The summed E-state index contributed by atoms with van der Waals surface area (Å²) in [5.41, 5.74) is 0.677. The molecule has 2 aromatic rings. The second-order valence-corrected chi connectivity index (χ2v) is 5.49. The molecule has 0 bridgehead atoms. The van der Waals surface area contributed by atoms with Crippen molar-refractivity contribution in [2.45, 2.75) is 32.5 Å². The summed E-state index contributed by atoms with van der Waals surface area (Å²) in [6, 6.07) is 10.6. The number of hydrogen-bond donors (Lipinski definition) is 1. The first kappa shape index (κ1) is 17.8. The summed E-state index contributed by atoms with van der Waals surface area (Å²) in [6.07, 6.45) is 3.43. The number of ether oxygens (including phenoxy) is 1. The Morgan fingerprint density at radius 2 is 2.12 bits per heavy atom. The highest BCUT2D eigenvalue weighted by Gasteiger charge is 2.23. The fraction of sp³-hybridized carbons (Fsp3) is 0.316. The van der Waals surface area contributed by atoms with E-state index in [1.54, 1.807) is 48.4 Å². The number of hydrogen-bond acceptors (Lipinski definition) is 4. The van der Waals surface area contributed by atoms with Crippen LogP contribution in [0, 0.1) is 0 Å². The summed E-state index contributed by atoms with van der Waals surface area (Å²) in [5, 5.41) is 9.98. The Labute approximate surface area is 142 Å². The molecule has 128 valence electrons. The molecule has 0 spiro atoms. The van der Waals surface area contributed by atoms with Crippen LogP contribution in [0.2, 0.25) is 0 Å². The maximum Gasteiger partial charge on any atom is 0.252 e. The summed E-state index contributed by atoms with van der Waals surface area (Å²) in [4.78, 5) is 14.3. The predicted molar refractivity (Wildman–Crippen MR) is 91.3 cm³/mol. The molecule has 0 unspecified atom stereocenters. The second kappa shape index (κ2) is 8.93. The lowest BCUT2D eigenvalue weighted by molar-refractivity contribution is -0.144. The van der Waals surface area contributed by atoms with Crippen LogP contribution in [0.25, 0.3) is 0 Å². The van der Waals surface area contributed by atoms with E-state index in [-0.39, 0.29) is 18.2 Å². The number of aromatic hydroxyl groups is 1. The average molecular weight is 329 g/mol. The first-order valence-electron chi connectivity index (χ1n) is 7.92. The number of phenols is 1. The Kier molecular flexibility index (Phi) is 6.63. The van der Waals surface area contributed by atoms with E-state index in [2.05, 4.69) is 6.58 Å². The van der Waals surface area contributed by atoms with Crippen molar-refractivity contribution >= 4 is 5.91 Å². The third-order valence-corrected chi connectivity index (χ3v) is 3.63. The first-order valence-corrected chi connectivity index (χ1v) is 7.92. The van der Waals surface area contributed by atoms with Gasteiger partial charge in [0.2, 0.25) is 0 Å². The molecule has 1 aromatic carbocycles. The standard InChI is InChI=1S/C19H23NO4/c1-3-4-11-23-15(2)19(22)20(14-17-9-7-12-24-17)13-16-8-5-6-10-18(16)21/h3,5-10,12,15,21H,1,4,11,13-14H2,2H3/t15-/m0/s1. The van der Waals surface area contributed by atoms with Gasteiger partial charge in [-0.05, 0) is 31.5 Å². The summed E-state index contributed by atoms with van der Waals surface area (Å²) < 4.78 is 10.9. The Hall–Kier alpha value is -2.53. The molecule has 0 saturated heterocycles. The number of phenolic OH excluding ortho intramolecular Hbond substituents is 1. The third-order valence-electron chi connectivity index (χ3n) is 3.63. The number of rotatable bonds is 9. The van der Waals surface area contributed by atoms with E-state index >= 15 is 0 Å². The normalized spacial score (nSPS) is 11.9. The van der Waals surface area contributed by atoms with Crippen LogP contribution < -0.4 is 0 Å². The fourth-order valence-electron chi connectivity index (χ4n) is 2.31. The van der Waals surface area contributed by atoms with Gasteiger partial charge in [-0.3, -0.25) is 4.79 Å². The molecule has 24 heavy (non-hydrogen) atoms. The highest BCUT2D eigenvalue weighted by Crippen LogP contribution is 2.20. The molecule has 0 radical (unpaired) electrons. The van der Waals surface area contributed by atoms with Gasteiger partial charge in [-0.1, -0.05) is 24.3 Å². The minimum absolute atomic E-state index is 0.154. The largest absolute Gasteiger partial charge is 0.508 e. The van der Waals surface area contributed by atoms with E-state index in [4.69, 9.17) is 9.15 Å². The van der Waals surface area contributed by atoms with Gasteiger partial charge in [0.05, 0.1) is 19.4 Å². The quantitative estimate of drug-likeness (QED) is 0.565. The predicted octanol–water partition coefficient (Wildman–Crippen LogP) is 3.50. The van der Waals surface area contributed by atoms with Gasteiger partial charge < -0.3 is 19.2 Å². The van der Waals surface area contributed by atoms with E-state index in [0.29, 0.717) is 30.9 Å². The monoisotopic (exact) mass is 329 g/mol. The van der Waals surface area contributed by atoms with E-state index < -0.39 is 6.10 Å². The van der Waals surface area contributed by atoms with Crippen molar-refractivity contribution in [3.05, 3.63) is 66.6 Å². The molecule has 0 fully saturated rings. The zero-order valence-electron chi connectivity index (χ0n) is 13.9. The summed E-state index contributed by atoms with van der Waals surface area (Å²) in [6.45, 7) is 6.40. The van der Waals surface area contributed by atoms with Crippen molar-refractivity contribution in [3.63, 3.8) is 0 Å². The Morgan fingerprint density at radius 3 is 2.79 bits per heavy atom. The molecule has 1 N–H and O–H groups in total. The van der Waals surface area contributed by atoms with Crippen molar-refractivity contribution in [2.24, 2.45) is 0 Å². The van der Waals surface area contributed by atoms with Gasteiger partial charge in [0.1, 0.15) is 17.6 Å². The smallest absolute Gasteiger partial charge is 0.252 e. The second-order valence-electron chi connectivity index (χ2n) is 5.49. The van der Waals surface area contributed by atoms with Crippen LogP contribution >= 0.6 is 0 Å². The summed E-state index contributed by atoms with van der Waals surface area (Å²) >= 11 is 0. The minimum Gasteiger partial charge on any atom is -0.508 e. The number of carbonyl (C=O) groups is 1. The SMILES string of the molecule is C=CCCO[C@@H](C)C(=O)N(Cc1ccco1)Cc1ccccc1O. The molecule has 1 atom stereocenters. The molecular weight excluding hydrogens is 306 g/mol. The number of nitrogens with zero attached hydrogens (tertiary/aromatic N) is 1. The number of carbonyl (C=O) groups excluding carboxylic acids is 1. The molecule has 5 heteroatoms. The average Bonchev–Trinajstić information content (AvgIpc) is 3.08. The van der Waals surface area contributed by atoms with Crippen LogP contribution in [0.4, 0.5) is 0 Å². The van der Waals surface area contributed by atoms with Gasteiger partial charge in [-0.2, -0.15) is 0 Å². The van der Waals surface area contributed by atoms with Crippen molar-refractivity contribution in [3.8, 4) is 5.75 Å². The number of amides is 1. The molecule has 1 heterocycles. The van der Waals surface area contributed by atoms with E-state index in [9.17, 15) is 9.90 Å². The van der Waals surface area contributed by atoms with Crippen LogP contribution in [0.3, 0.4) is 0 Å². The maximum atomic E-state index is 12.7. The van der Waals surface area contributed by atoms with Crippen molar-refractivity contribution in [1.29, 1.82) is 0 Å². The highest BCUT2D eigenvalue weighted by atomic mass is 16.5. The van der Waals surface area contributed by atoms with Crippen molar-refractivity contribution < 1.29 is 19.1 Å². The topological polar surface area (TPSA) is 62.9 Å². The zero-order valence-corrected chi connectivity index (χ0v) is 13.9. The van der Waals surface area contributed by atoms with E-state index in [1.165, 1.54) is 0 Å². The number of furan rings is 1. The maximum absolute atomic E-state index is 12.7. The lowest BCUT2D eigenvalue weighted by Crippen LogP contribution is -2.38. The van der Waals surface area contributed by atoms with Crippen LogP contribution in [0.1, 0.15) is 24.7 Å². The Bertz CT molecular complexity index is 651. The lowest BCUT2D eigenvalue weighted by atomic mass is 10.1. The summed E-state index contributed by atoms with van der Waals surface area (Å²) in [5.74, 6) is 0.686. The van der Waals surface area contributed by atoms with E-state index in [0.717, 1.165) is 0 Å². The van der Waals surface area contributed by atoms with Gasteiger partial charge >= 0.3 is 0 Å². The molecular formula is C19H23NO4. The molecule has 2 rings (SSSR count). The molecule has 0 aliphatic rings. The molecule has 0 saturated carbocycles. The lowest BCUT2D eigenvalue weighted by Gasteiger charge is -2.25. The summed E-state index contributed by atoms with van der Waals surface area (Å²) in [7, 11) is 0. The van der Waals surface area contributed by atoms with Gasteiger partial charge in [-0.15, -0.1) is 6.58 Å². The molecule has 0 aliphatic carbocycles. The van der Waals surface area contributed by atoms with Crippen molar-refractivity contribution in [2.75, 3.05) is 6.61 Å². The fourth-order valence-corrected chi connectivity index (χ4v) is 2.31. The zero-order chi connectivity index (χ0) is 17.4. The van der Waals surface area contributed by atoms with Crippen LogP contribution in [0.15, 0.2) is 59.7 Å². The van der Waals surface area contributed by atoms with Gasteiger partial charge in [0.25, 0.3) is 5.91 Å². The highest BCUT2D eigenvalue weighted by molar-refractivity contribution is 5.80. The Morgan fingerprint density at radius 1 is 1.33 bits per heavy atom. The molecule has 0 aliphatic heterocycles. The molecule has 1 amide bonds. The van der Waals surface area contributed by atoms with Gasteiger partial charge in [0.15, 0.2) is 0 Å². The Balaban J connectivity index is 2.11. The first-order chi connectivity index (χ1) is 11.6. The van der Waals surface area contributed by atoms with Crippen molar-refractivity contribution in [1.82, 2.24) is 4.90 Å². The minimum atomic E-state index is -0.578.